The van der Waals surface area contributed by atoms with Gasteiger partial charge in [-0.05, 0) is 110 Å². The lowest BCUT2D eigenvalue weighted by molar-refractivity contribution is 0.660. The molecule has 0 unspecified atom stereocenters. The zero-order valence-corrected chi connectivity index (χ0v) is 33.1. The lowest BCUT2D eigenvalue weighted by Crippen LogP contribution is -2.17. The van der Waals surface area contributed by atoms with Crippen molar-refractivity contribution < 1.29 is 4.42 Å². The normalized spacial score (nSPS) is 12.7. The van der Waals surface area contributed by atoms with E-state index in [-0.39, 0.29) is 5.41 Å². The molecule has 1 aromatic heterocycles. The van der Waals surface area contributed by atoms with Crippen molar-refractivity contribution in [2.75, 3.05) is 4.90 Å². The first-order chi connectivity index (χ1) is 29.0. The minimum atomic E-state index is -0.216. The van der Waals surface area contributed by atoms with Gasteiger partial charge in [-0.25, -0.2) is 0 Å². The molecule has 0 amide bonds. The van der Waals surface area contributed by atoms with Crippen LogP contribution < -0.4 is 4.90 Å². The van der Waals surface area contributed by atoms with Gasteiger partial charge in [0.25, 0.3) is 0 Å². The fourth-order valence-electron chi connectivity index (χ4n) is 9.20. The van der Waals surface area contributed by atoms with Gasteiger partial charge in [-0.3, -0.25) is 0 Å². The van der Waals surface area contributed by atoms with Crippen LogP contribution >= 0.6 is 0 Å². The van der Waals surface area contributed by atoms with Gasteiger partial charge in [-0.2, -0.15) is 0 Å². The van der Waals surface area contributed by atoms with Gasteiger partial charge in [-0.1, -0.05) is 178 Å². The molecule has 1 aliphatic rings. The SMILES string of the molecule is CC1(C)c2cc(-c3ccc(-c4ccc(-c5ccccc5)cc4)cc3)ccc2-c2ccc(N(c3ccc4oc5ccccc5c4c3)c3ccccc3-c3ccccc3)cc21. The zero-order chi connectivity index (χ0) is 39.5. The second-order valence-corrected chi connectivity index (χ2v) is 16.1. The largest absolute Gasteiger partial charge is 0.456 e. The minimum absolute atomic E-state index is 0.216. The van der Waals surface area contributed by atoms with Crippen molar-refractivity contribution in [2.24, 2.45) is 0 Å². The van der Waals surface area contributed by atoms with Crippen molar-refractivity contribution >= 4 is 39.0 Å². The smallest absolute Gasteiger partial charge is 0.135 e. The number of furan rings is 1. The van der Waals surface area contributed by atoms with E-state index in [1.54, 1.807) is 0 Å². The monoisotopic (exact) mass is 755 g/mol. The fourth-order valence-corrected chi connectivity index (χ4v) is 9.20. The Morgan fingerprint density at radius 1 is 0.339 bits per heavy atom. The van der Waals surface area contributed by atoms with Crippen LogP contribution in [0.2, 0.25) is 0 Å². The van der Waals surface area contributed by atoms with Gasteiger partial charge in [0, 0.05) is 33.1 Å². The maximum absolute atomic E-state index is 6.28. The van der Waals surface area contributed by atoms with Crippen LogP contribution in [0, 0.1) is 0 Å². The van der Waals surface area contributed by atoms with Crippen LogP contribution in [0.1, 0.15) is 25.0 Å². The number of para-hydroxylation sites is 2. The average molecular weight is 756 g/mol. The number of fused-ring (bicyclic) bond motifs is 6. The first-order valence-electron chi connectivity index (χ1n) is 20.4. The van der Waals surface area contributed by atoms with E-state index >= 15 is 0 Å². The number of anilines is 3. The molecule has 0 saturated heterocycles. The van der Waals surface area contributed by atoms with E-state index in [2.05, 4.69) is 219 Å². The predicted octanol–water partition coefficient (Wildman–Crippen LogP) is 16.0. The molecule has 0 fully saturated rings. The summed E-state index contributed by atoms with van der Waals surface area (Å²) in [6.45, 7) is 4.75. The molecule has 59 heavy (non-hydrogen) atoms. The van der Waals surface area contributed by atoms with Crippen LogP contribution in [0.3, 0.4) is 0 Å². The van der Waals surface area contributed by atoms with Crippen LogP contribution in [-0.2, 0) is 5.41 Å². The second-order valence-electron chi connectivity index (χ2n) is 16.1. The standard InChI is InChI=1S/C57H41NO/c1-57(2)52-35-44(42-27-25-41(26-28-42)40-23-21-39(22-24-40)38-13-5-3-6-14-38)29-32-48(52)49-33-30-46(37-53(49)57)58(54-19-11-9-17-47(54)43-15-7-4-8-16-43)45-31-34-56-51(36-45)50-18-10-12-20-55(50)59-56/h3-37H,1-2H3. The molecule has 2 heteroatoms. The van der Waals surface area contributed by atoms with Crippen molar-refractivity contribution in [2.45, 2.75) is 19.3 Å². The molecule has 11 rings (SSSR count). The number of nitrogens with zero attached hydrogens (tertiary/aromatic N) is 1. The van der Waals surface area contributed by atoms with Gasteiger partial charge < -0.3 is 9.32 Å². The minimum Gasteiger partial charge on any atom is -0.456 e. The van der Waals surface area contributed by atoms with Crippen LogP contribution in [0.5, 0.6) is 0 Å². The topological polar surface area (TPSA) is 16.4 Å². The summed E-state index contributed by atoms with van der Waals surface area (Å²) in [5.74, 6) is 0. The molecule has 0 N–H and O–H groups in total. The van der Waals surface area contributed by atoms with E-state index in [4.69, 9.17) is 4.42 Å². The molecule has 0 bridgehead atoms. The second kappa shape index (κ2) is 13.9. The highest BCUT2D eigenvalue weighted by molar-refractivity contribution is 6.07. The Kier molecular flexibility index (Phi) is 8.20. The summed E-state index contributed by atoms with van der Waals surface area (Å²) in [6.07, 6.45) is 0. The summed E-state index contributed by atoms with van der Waals surface area (Å²) >= 11 is 0. The fraction of sp³-hybridized carbons (Fsp3) is 0.0526. The first-order valence-corrected chi connectivity index (χ1v) is 20.4. The molecule has 9 aromatic carbocycles. The van der Waals surface area contributed by atoms with Crippen LogP contribution in [0.25, 0.3) is 77.6 Å². The van der Waals surface area contributed by atoms with Crippen molar-refractivity contribution in [1.82, 2.24) is 0 Å². The number of rotatable bonds is 7. The molecular weight excluding hydrogens is 715 g/mol. The van der Waals surface area contributed by atoms with Crippen molar-refractivity contribution in [3.63, 3.8) is 0 Å². The molecule has 1 aliphatic carbocycles. The Morgan fingerprint density at radius 3 is 1.51 bits per heavy atom. The quantitative estimate of drug-likeness (QED) is 0.161. The summed E-state index contributed by atoms with van der Waals surface area (Å²) in [4.78, 5) is 2.42. The highest BCUT2D eigenvalue weighted by Crippen LogP contribution is 2.52. The molecule has 0 aliphatic heterocycles. The summed E-state index contributed by atoms with van der Waals surface area (Å²) in [5.41, 5.74) is 19.9. The van der Waals surface area contributed by atoms with Crippen LogP contribution in [0.15, 0.2) is 217 Å². The summed E-state index contributed by atoms with van der Waals surface area (Å²) in [5, 5.41) is 2.23. The van der Waals surface area contributed by atoms with Gasteiger partial charge in [0.15, 0.2) is 0 Å². The Bertz CT molecular complexity index is 3160. The third kappa shape index (κ3) is 5.96. The Morgan fingerprint density at radius 2 is 0.814 bits per heavy atom. The van der Waals surface area contributed by atoms with Gasteiger partial charge in [0.2, 0.25) is 0 Å². The Labute approximate surface area is 345 Å². The van der Waals surface area contributed by atoms with E-state index in [1.807, 2.05) is 12.1 Å². The van der Waals surface area contributed by atoms with E-state index in [1.165, 1.54) is 66.8 Å². The molecular formula is C57H41NO. The maximum Gasteiger partial charge on any atom is 0.135 e. The van der Waals surface area contributed by atoms with Crippen molar-refractivity contribution in [3.8, 4) is 55.6 Å². The summed E-state index contributed by atoms with van der Waals surface area (Å²) in [6, 6.07) is 76.9. The van der Waals surface area contributed by atoms with Crippen molar-refractivity contribution in [3.05, 3.63) is 223 Å². The van der Waals surface area contributed by atoms with E-state index < -0.39 is 0 Å². The molecule has 0 atom stereocenters. The molecule has 0 saturated carbocycles. The lowest BCUT2D eigenvalue weighted by Gasteiger charge is -2.30. The number of benzene rings is 9. The number of hydrogen-bond donors (Lipinski definition) is 0. The maximum atomic E-state index is 6.28. The van der Waals surface area contributed by atoms with Gasteiger partial charge >= 0.3 is 0 Å². The molecule has 1 heterocycles. The summed E-state index contributed by atoms with van der Waals surface area (Å²) < 4.78 is 6.28. The zero-order valence-electron chi connectivity index (χ0n) is 33.1. The van der Waals surface area contributed by atoms with Crippen molar-refractivity contribution in [1.29, 1.82) is 0 Å². The third-order valence-electron chi connectivity index (χ3n) is 12.3. The highest BCUT2D eigenvalue weighted by atomic mass is 16.3. The molecule has 2 nitrogen and oxygen atoms in total. The molecule has 0 radical (unpaired) electrons. The van der Waals surface area contributed by atoms with E-state index in [0.717, 1.165) is 39.0 Å². The van der Waals surface area contributed by atoms with Gasteiger partial charge in [0.1, 0.15) is 11.2 Å². The first kappa shape index (κ1) is 34.8. The third-order valence-corrected chi connectivity index (χ3v) is 12.3. The van der Waals surface area contributed by atoms with E-state index in [9.17, 15) is 0 Å². The van der Waals surface area contributed by atoms with E-state index in [0.29, 0.717) is 0 Å². The molecule has 10 aromatic rings. The van der Waals surface area contributed by atoms with Crippen LogP contribution in [0.4, 0.5) is 17.1 Å². The highest BCUT2D eigenvalue weighted by Gasteiger charge is 2.36. The van der Waals surface area contributed by atoms with Gasteiger partial charge in [0.05, 0.1) is 5.69 Å². The summed E-state index contributed by atoms with van der Waals surface area (Å²) in [7, 11) is 0. The molecule has 0 spiro atoms. The Balaban J connectivity index is 0.968. The van der Waals surface area contributed by atoms with Gasteiger partial charge in [-0.15, -0.1) is 0 Å². The Hall–Kier alpha value is -7.42. The average Bonchev–Trinajstić information content (AvgIpc) is 3.78. The lowest BCUT2D eigenvalue weighted by atomic mass is 9.81. The predicted molar refractivity (Wildman–Crippen MR) is 248 cm³/mol. The number of hydrogen-bond acceptors (Lipinski definition) is 2. The van der Waals surface area contributed by atoms with Crippen LogP contribution in [-0.4, -0.2) is 0 Å². The molecule has 280 valence electrons.